The van der Waals surface area contributed by atoms with Gasteiger partial charge in [0.1, 0.15) is 6.54 Å². The minimum atomic E-state index is -0.356. The molecule has 6 nitrogen and oxygen atoms in total. The molecule has 1 saturated heterocycles. The highest BCUT2D eigenvalue weighted by molar-refractivity contribution is 6.05. The van der Waals surface area contributed by atoms with Crippen LogP contribution in [0.4, 0.5) is 0 Å². The molecule has 0 radical (unpaired) electrons. The first kappa shape index (κ1) is 17.1. The molecule has 138 valence electrons. The van der Waals surface area contributed by atoms with Crippen LogP contribution in [0.2, 0.25) is 0 Å². The molecule has 0 bridgehead atoms. The van der Waals surface area contributed by atoms with Crippen LogP contribution in [-0.4, -0.2) is 54.8 Å². The lowest BCUT2D eigenvalue weighted by Crippen LogP contribution is -2.42. The number of fused-ring (bicyclic) bond motifs is 3. The maximum absolute atomic E-state index is 12.9. The molecule has 4 rings (SSSR count). The summed E-state index contributed by atoms with van der Waals surface area (Å²) in [5, 5.41) is 1.08. The predicted octanol–water partition coefficient (Wildman–Crippen LogP) is 2.17. The Morgan fingerprint density at radius 1 is 1.15 bits per heavy atom. The van der Waals surface area contributed by atoms with Crippen molar-refractivity contribution < 1.29 is 19.1 Å². The lowest BCUT2D eigenvalue weighted by molar-refractivity contribution is -0.135. The van der Waals surface area contributed by atoms with Crippen molar-refractivity contribution in [2.75, 3.05) is 33.4 Å². The van der Waals surface area contributed by atoms with Crippen LogP contribution < -0.4 is 0 Å². The Kier molecular flexibility index (Phi) is 4.68. The van der Waals surface area contributed by atoms with Gasteiger partial charge >= 0.3 is 5.97 Å². The van der Waals surface area contributed by atoms with Crippen molar-refractivity contribution in [1.29, 1.82) is 0 Å². The minimum Gasteiger partial charge on any atom is -0.465 e. The van der Waals surface area contributed by atoms with Crippen molar-refractivity contribution in [2.24, 2.45) is 0 Å². The number of aromatic nitrogens is 1. The van der Waals surface area contributed by atoms with E-state index >= 15 is 0 Å². The monoisotopic (exact) mass is 356 g/mol. The molecule has 0 spiro atoms. The molecular formula is C20H24N2O4. The lowest BCUT2D eigenvalue weighted by atomic mass is 9.95. The number of carbonyl (C=O) groups excluding carboxylic acids is 2. The van der Waals surface area contributed by atoms with Gasteiger partial charge in [0.15, 0.2) is 0 Å². The number of amides is 1. The van der Waals surface area contributed by atoms with E-state index in [2.05, 4.69) is 10.6 Å². The number of esters is 1. The average molecular weight is 356 g/mol. The molecule has 1 aromatic heterocycles. The van der Waals surface area contributed by atoms with Gasteiger partial charge in [-0.3, -0.25) is 4.79 Å². The highest BCUT2D eigenvalue weighted by Crippen LogP contribution is 2.34. The van der Waals surface area contributed by atoms with Crippen LogP contribution in [0, 0.1) is 0 Å². The molecule has 0 atom stereocenters. The molecule has 6 heteroatoms. The number of methoxy groups -OCH3 is 1. The van der Waals surface area contributed by atoms with Crippen molar-refractivity contribution >= 4 is 22.8 Å². The zero-order valence-electron chi connectivity index (χ0n) is 15.1. The van der Waals surface area contributed by atoms with E-state index in [9.17, 15) is 9.59 Å². The number of rotatable bonds is 3. The molecule has 2 heterocycles. The molecule has 1 aromatic carbocycles. The Bertz CT molecular complexity index is 849. The highest BCUT2D eigenvalue weighted by Gasteiger charge is 2.26. The molecule has 26 heavy (non-hydrogen) atoms. The summed E-state index contributed by atoms with van der Waals surface area (Å²) >= 11 is 0. The van der Waals surface area contributed by atoms with Crippen LogP contribution in [-0.2, 0) is 33.7 Å². The van der Waals surface area contributed by atoms with E-state index < -0.39 is 0 Å². The predicted molar refractivity (Wildman–Crippen MR) is 97.3 cm³/mol. The molecular weight excluding hydrogens is 332 g/mol. The van der Waals surface area contributed by atoms with Gasteiger partial charge in [-0.2, -0.15) is 0 Å². The third kappa shape index (κ3) is 2.88. The summed E-state index contributed by atoms with van der Waals surface area (Å²) in [5.41, 5.74) is 3.86. The Morgan fingerprint density at radius 3 is 2.69 bits per heavy atom. The van der Waals surface area contributed by atoms with Crippen LogP contribution >= 0.6 is 0 Å². The number of morpholine rings is 1. The second kappa shape index (κ2) is 7.11. The molecule has 0 N–H and O–H groups in total. The van der Waals surface area contributed by atoms with Crippen LogP contribution in [0.15, 0.2) is 18.2 Å². The van der Waals surface area contributed by atoms with E-state index in [1.165, 1.54) is 18.4 Å². The quantitative estimate of drug-likeness (QED) is 0.791. The summed E-state index contributed by atoms with van der Waals surface area (Å²) in [6.45, 7) is 2.70. The Hall–Kier alpha value is -2.34. The van der Waals surface area contributed by atoms with Gasteiger partial charge in [0.25, 0.3) is 0 Å². The van der Waals surface area contributed by atoms with Crippen molar-refractivity contribution in [1.82, 2.24) is 9.47 Å². The minimum absolute atomic E-state index is 0.0817. The maximum atomic E-state index is 12.9. The molecule has 1 fully saturated rings. The van der Waals surface area contributed by atoms with E-state index in [4.69, 9.17) is 9.47 Å². The Morgan fingerprint density at radius 2 is 1.92 bits per heavy atom. The van der Waals surface area contributed by atoms with Crippen LogP contribution in [0.5, 0.6) is 0 Å². The summed E-state index contributed by atoms with van der Waals surface area (Å²) in [6, 6.07) is 5.74. The van der Waals surface area contributed by atoms with E-state index in [0.717, 1.165) is 36.6 Å². The van der Waals surface area contributed by atoms with E-state index in [-0.39, 0.29) is 18.4 Å². The van der Waals surface area contributed by atoms with Crippen molar-refractivity contribution in [2.45, 2.75) is 32.2 Å². The fourth-order valence-electron chi connectivity index (χ4n) is 4.19. The van der Waals surface area contributed by atoms with Gasteiger partial charge in [-0.05, 0) is 37.3 Å². The van der Waals surface area contributed by atoms with Crippen LogP contribution in [0.3, 0.4) is 0 Å². The standard InChI is InChI=1S/C20H24N2O4/c1-25-20(24)16-7-4-6-15-14-5-2-3-8-17(14)22(19(15)16)13-18(23)21-9-11-26-12-10-21/h4,6-7H,2-3,5,8-13H2,1H3. The molecule has 1 amide bonds. The zero-order valence-corrected chi connectivity index (χ0v) is 15.1. The summed E-state index contributed by atoms with van der Waals surface area (Å²) < 4.78 is 12.4. The number of nitrogens with zero attached hydrogens (tertiary/aromatic N) is 2. The molecule has 2 aliphatic rings. The number of hydrogen-bond acceptors (Lipinski definition) is 4. The van der Waals surface area contributed by atoms with Gasteiger partial charge in [0.05, 0.1) is 31.4 Å². The first-order valence-corrected chi connectivity index (χ1v) is 9.27. The lowest BCUT2D eigenvalue weighted by Gasteiger charge is -2.27. The van der Waals surface area contributed by atoms with Crippen molar-refractivity contribution in [3.8, 4) is 0 Å². The molecule has 0 unspecified atom stereocenters. The molecule has 1 aliphatic carbocycles. The maximum Gasteiger partial charge on any atom is 0.340 e. The number of aryl methyl sites for hydroxylation is 1. The second-order valence-electron chi connectivity index (χ2n) is 6.90. The second-order valence-corrected chi connectivity index (χ2v) is 6.90. The summed E-state index contributed by atoms with van der Waals surface area (Å²) in [6.07, 6.45) is 4.20. The molecule has 1 aliphatic heterocycles. The van der Waals surface area contributed by atoms with E-state index in [0.29, 0.717) is 31.9 Å². The third-order valence-electron chi connectivity index (χ3n) is 5.46. The number of ether oxygens (including phenoxy) is 2. The number of benzene rings is 1. The van der Waals surface area contributed by atoms with Gasteiger partial charge in [-0.1, -0.05) is 12.1 Å². The SMILES string of the molecule is COC(=O)c1cccc2c3c(n(CC(=O)N4CCOCC4)c12)CCCC3. The van der Waals surface area contributed by atoms with Gasteiger partial charge in [0.2, 0.25) is 5.91 Å². The summed E-state index contributed by atoms with van der Waals surface area (Å²) in [4.78, 5) is 27.1. The first-order chi connectivity index (χ1) is 12.7. The van der Waals surface area contributed by atoms with Gasteiger partial charge in [-0.25, -0.2) is 4.79 Å². The van der Waals surface area contributed by atoms with Crippen LogP contribution in [0.25, 0.3) is 10.9 Å². The normalized spacial score (nSPS) is 17.2. The molecule has 0 saturated carbocycles. The van der Waals surface area contributed by atoms with Crippen LogP contribution in [0.1, 0.15) is 34.5 Å². The number of carbonyl (C=O) groups is 2. The van der Waals surface area contributed by atoms with Gasteiger partial charge in [0, 0.05) is 24.2 Å². The number of para-hydroxylation sites is 1. The average Bonchev–Trinajstić information content (AvgIpc) is 3.02. The summed E-state index contributed by atoms with van der Waals surface area (Å²) in [7, 11) is 1.40. The van der Waals surface area contributed by atoms with E-state index in [1.807, 2.05) is 11.0 Å². The topological polar surface area (TPSA) is 60.8 Å². The zero-order chi connectivity index (χ0) is 18.1. The Labute approximate surface area is 152 Å². The molecule has 2 aromatic rings. The fourth-order valence-corrected chi connectivity index (χ4v) is 4.19. The van der Waals surface area contributed by atoms with Gasteiger partial charge < -0.3 is 18.9 Å². The van der Waals surface area contributed by atoms with Gasteiger partial charge in [-0.15, -0.1) is 0 Å². The highest BCUT2D eigenvalue weighted by atomic mass is 16.5. The van der Waals surface area contributed by atoms with Crippen molar-refractivity contribution in [3.63, 3.8) is 0 Å². The fraction of sp³-hybridized carbons (Fsp3) is 0.500. The van der Waals surface area contributed by atoms with Crippen molar-refractivity contribution in [3.05, 3.63) is 35.0 Å². The first-order valence-electron chi connectivity index (χ1n) is 9.27. The smallest absolute Gasteiger partial charge is 0.340 e. The third-order valence-corrected chi connectivity index (χ3v) is 5.46. The van der Waals surface area contributed by atoms with E-state index in [1.54, 1.807) is 6.07 Å². The largest absolute Gasteiger partial charge is 0.465 e. The Balaban J connectivity index is 1.81. The summed E-state index contributed by atoms with van der Waals surface area (Å²) in [5.74, 6) is -0.274. The number of hydrogen-bond donors (Lipinski definition) is 0.